The van der Waals surface area contributed by atoms with E-state index in [1.165, 1.54) is 6.42 Å². The minimum Gasteiger partial charge on any atom is -0.349 e. The van der Waals surface area contributed by atoms with E-state index in [0.717, 1.165) is 31.2 Å². The zero-order chi connectivity index (χ0) is 14.9. The molecule has 1 aromatic rings. The topological polar surface area (TPSA) is 52.9 Å². The van der Waals surface area contributed by atoms with Crippen LogP contribution >= 0.6 is 0 Å². The molecule has 0 spiro atoms. The van der Waals surface area contributed by atoms with Crippen molar-refractivity contribution >= 4 is 12.0 Å². The van der Waals surface area contributed by atoms with Gasteiger partial charge in [-0.1, -0.05) is 61.7 Å². The first kappa shape index (κ1) is 15.1. The molecule has 1 N–H and O–H groups in total. The second kappa shape index (κ2) is 8.06. The van der Waals surface area contributed by atoms with Crippen LogP contribution < -0.4 is 5.32 Å². The van der Waals surface area contributed by atoms with Crippen LogP contribution in [0.1, 0.15) is 37.7 Å². The summed E-state index contributed by atoms with van der Waals surface area (Å²) in [6.45, 7) is 0. The summed E-state index contributed by atoms with van der Waals surface area (Å²) in [6, 6.07) is 12.0. The summed E-state index contributed by atoms with van der Waals surface area (Å²) in [4.78, 5) is 12.0. The molecule has 21 heavy (non-hydrogen) atoms. The molecule has 0 heterocycles. The van der Waals surface area contributed by atoms with Crippen molar-refractivity contribution in [3.05, 3.63) is 53.6 Å². The van der Waals surface area contributed by atoms with E-state index in [2.05, 4.69) is 5.32 Å². The zero-order valence-corrected chi connectivity index (χ0v) is 12.1. The predicted octanol–water partition coefficient (Wildman–Crippen LogP) is 3.60. The lowest BCUT2D eigenvalue weighted by molar-refractivity contribution is -0.118. The molecule has 2 rings (SSSR count). The van der Waals surface area contributed by atoms with Crippen molar-refractivity contribution in [2.45, 2.75) is 38.1 Å². The predicted molar refractivity (Wildman–Crippen MR) is 84.2 cm³/mol. The van der Waals surface area contributed by atoms with Crippen molar-refractivity contribution in [1.29, 1.82) is 5.26 Å². The van der Waals surface area contributed by atoms with Gasteiger partial charge in [0.25, 0.3) is 5.91 Å². The molecule has 0 aromatic heterocycles. The van der Waals surface area contributed by atoms with E-state index in [9.17, 15) is 4.79 Å². The molecule has 0 atom stereocenters. The first-order valence-corrected chi connectivity index (χ1v) is 7.44. The minimum absolute atomic E-state index is 0.160. The molecule has 0 bridgehead atoms. The van der Waals surface area contributed by atoms with E-state index in [0.29, 0.717) is 0 Å². The summed E-state index contributed by atoms with van der Waals surface area (Å²) < 4.78 is 0. The van der Waals surface area contributed by atoms with Crippen molar-refractivity contribution < 1.29 is 4.79 Å². The van der Waals surface area contributed by atoms with Crippen molar-refractivity contribution in [3.8, 4) is 6.07 Å². The molecule has 1 aromatic carbocycles. The average molecular weight is 280 g/mol. The Kier molecular flexibility index (Phi) is 5.78. The molecule has 0 radical (unpaired) electrons. The Morgan fingerprint density at radius 2 is 1.90 bits per heavy atom. The molecular formula is C18H20N2O. The summed E-state index contributed by atoms with van der Waals surface area (Å²) >= 11 is 0. The van der Waals surface area contributed by atoms with Gasteiger partial charge in [0.15, 0.2) is 0 Å². The molecule has 0 saturated heterocycles. The van der Waals surface area contributed by atoms with Crippen LogP contribution in [-0.2, 0) is 4.79 Å². The molecule has 3 heteroatoms. The van der Waals surface area contributed by atoms with Crippen molar-refractivity contribution in [3.63, 3.8) is 0 Å². The fourth-order valence-electron chi connectivity index (χ4n) is 2.49. The largest absolute Gasteiger partial charge is 0.349 e. The van der Waals surface area contributed by atoms with E-state index in [4.69, 9.17) is 5.26 Å². The van der Waals surface area contributed by atoms with E-state index < -0.39 is 0 Å². The Morgan fingerprint density at radius 1 is 1.19 bits per heavy atom. The number of nitriles is 1. The molecule has 0 unspecified atom stereocenters. The number of hydrogen-bond donors (Lipinski definition) is 1. The van der Waals surface area contributed by atoms with E-state index in [-0.39, 0.29) is 17.5 Å². The van der Waals surface area contributed by atoms with Crippen LogP contribution in [0.3, 0.4) is 0 Å². The third-order valence-electron chi connectivity index (χ3n) is 3.66. The van der Waals surface area contributed by atoms with Gasteiger partial charge in [0.2, 0.25) is 0 Å². The number of carbonyl (C=O) groups excluding carboxylic acids is 1. The normalized spacial score (nSPS) is 16.6. The highest BCUT2D eigenvalue weighted by Gasteiger charge is 2.17. The lowest BCUT2D eigenvalue weighted by Gasteiger charge is -2.22. The van der Waals surface area contributed by atoms with Crippen LogP contribution in [0.2, 0.25) is 0 Å². The first-order valence-electron chi connectivity index (χ1n) is 7.44. The molecule has 0 aliphatic heterocycles. The van der Waals surface area contributed by atoms with Gasteiger partial charge in [0, 0.05) is 6.04 Å². The average Bonchev–Trinajstić information content (AvgIpc) is 2.53. The smallest absolute Gasteiger partial charge is 0.262 e. The van der Waals surface area contributed by atoms with Gasteiger partial charge >= 0.3 is 0 Å². The number of amides is 1. The van der Waals surface area contributed by atoms with Crippen LogP contribution in [0, 0.1) is 11.3 Å². The fourth-order valence-corrected chi connectivity index (χ4v) is 2.49. The zero-order valence-electron chi connectivity index (χ0n) is 12.1. The lowest BCUT2D eigenvalue weighted by atomic mass is 9.95. The molecule has 1 aliphatic carbocycles. The van der Waals surface area contributed by atoms with E-state index in [1.807, 2.05) is 42.5 Å². The quantitative estimate of drug-likeness (QED) is 0.520. The highest BCUT2D eigenvalue weighted by molar-refractivity contribution is 5.97. The minimum atomic E-state index is -0.262. The summed E-state index contributed by atoms with van der Waals surface area (Å²) in [5.74, 6) is -0.262. The number of nitrogens with one attached hydrogen (secondary N) is 1. The monoisotopic (exact) mass is 280 g/mol. The lowest BCUT2D eigenvalue weighted by Crippen LogP contribution is -2.36. The third kappa shape index (κ3) is 4.92. The maximum atomic E-state index is 12.0. The second-order valence-electron chi connectivity index (χ2n) is 5.27. The second-order valence-corrected chi connectivity index (χ2v) is 5.27. The first-order chi connectivity index (χ1) is 10.3. The van der Waals surface area contributed by atoms with Crippen molar-refractivity contribution in [1.82, 2.24) is 5.32 Å². The van der Waals surface area contributed by atoms with E-state index in [1.54, 1.807) is 12.2 Å². The highest BCUT2D eigenvalue weighted by atomic mass is 16.1. The summed E-state index contributed by atoms with van der Waals surface area (Å²) in [5.41, 5.74) is 1.20. The number of carbonyl (C=O) groups is 1. The molecular weight excluding hydrogens is 260 g/mol. The highest BCUT2D eigenvalue weighted by Crippen LogP contribution is 2.17. The van der Waals surface area contributed by atoms with Gasteiger partial charge in [0.05, 0.1) is 0 Å². The number of benzene rings is 1. The van der Waals surface area contributed by atoms with Crippen molar-refractivity contribution in [2.24, 2.45) is 0 Å². The maximum Gasteiger partial charge on any atom is 0.262 e. The van der Waals surface area contributed by atoms with Gasteiger partial charge in [-0.15, -0.1) is 0 Å². The SMILES string of the molecule is N#C/C(=C/C=C/c1ccccc1)C(=O)NC1CCCCC1. The Hall–Kier alpha value is -2.34. The number of allylic oxidation sites excluding steroid dienone is 2. The molecule has 108 valence electrons. The molecule has 3 nitrogen and oxygen atoms in total. The Labute approximate surface area is 126 Å². The standard InChI is InChI=1S/C18H20N2O/c19-14-16(11-7-10-15-8-3-1-4-9-15)18(21)20-17-12-5-2-6-13-17/h1,3-4,7-11,17H,2,5-6,12-13H2,(H,20,21)/b10-7+,16-11-. The number of nitrogens with zero attached hydrogens (tertiary/aromatic N) is 1. The molecule has 1 aliphatic rings. The van der Waals surface area contributed by atoms with Crippen LogP contribution in [-0.4, -0.2) is 11.9 Å². The van der Waals surface area contributed by atoms with Crippen LogP contribution in [0.5, 0.6) is 0 Å². The third-order valence-corrected chi connectivity index (χ3v) is 3.66. The van der Waals surface area contributed by atoms with Gasteiger partial charge in [-0.05, 0) is 24.5 Å². The van der Waals surface area contributed by atoms with Crippen LogP contribution in [0.25, 0.3) is 6.08 Å². The molecule has 1 saturated carbocycles. The Morgan fingerprint density at radius 3 is 2.57 bits per heavy atom. The van der Waals surface area contributed by atoms with Crippen molar-refractivity contribution in [2.75, 3.05) is 0 Å². The van der Waals surface area contributed by atoms with Gasteiger partial charge in [0.1, 0.15) is 11.6 Å². The number of rotatable bonds is 4. The maximum absolute atomic E-state index is 12.0. The number of hydrogen-bond acceptors (Lipinski definition) is 2. The Bertz CT molecular complexity index is 561. The Balaban J connectivity index is 1.95. The van der Waals surface area contributed by atoms with Crippen LogP contribution in [0.15, 0.2) is 48.1 Å². The van der Waals surface area contributed by atoms with Gasteiger partial charge in [-0.3, -0.25) is 4.79 Å². The van der Waals surface area contributed by atoms with Crippen LogP contribution in [0.4, 0.5) is 0 Å². The van der Waals surface area contributed by atoms with Gasteiger partial charge < -0.3 is 5.32 Å². The molecule has 1 amide bonds. The van der Waals surface area contributed by atoms with E-state index >= 15 is 0 Å². The summed E-state index contributed by atoms with van der Waals surface area (Å²) in [6.07, 6.45) is 10.8. The molecule has 1 fully saturated rings. The summed E-state index contributed by atoms with van der Waals surface area (Å²) in [5, 5.41) is 12.1. The van der Waals surface area contributed by atoms with Gasteiger partial charge in [-0.2, -0.15) is 5.26 Å². The van der Waals surface area contributed by atoms with Gasteiger partial charge in [-0.25, -0.2) is 0 Å². The fraction of sp³-hybridized carbons (Fsp3) is 0.333. The summed E-state index contributed by atoms with van der Waals surface area (Å²) in [7, 11) is 0.